The molecule has 1 aromatic heterocycles. The molecule has 5 rings (SSSR count). The molecule has 2 bridgehead atoms. The molecule has 3 aliphatic rings. The molecule has 3 nitrogen and oxygen atoms in total. The quantitative estimate of drug-likeness (QED) is 0.842. The minimum Gasteiger partial charge on any atom is -0.354 e. The van der Waals surface area contributed by atoms with Crippen LogP contribution in [0, 0.1) is 11.8 Å². The topological polar surface area (TPSA) is 29.3 Å². The van der Waals surface area contributed by atoms with Crippen molar-refractivity contribution in [1.29, 1.82) is 0 Å². The molecule has 1 unspecified atom stereocenters. The highest BCUT2D eigenvalue weighted by Crippen LogP contribution is 2.36. The molecule has 1 atom stereocenters. The number of aromatic nitrogens is 1. The summed E-state index contributed by atoms with van der Waals surface area (Å²) in [7, 11) is 0. The van der Waals surface area contributed by atoms with Crippen molar-refractivity contribution in [3.8, 4) is 0 Å². The zero-order valence-electron chi connectivity index (χ0n) is 10.8. The lowest BCUT2D eigenvalue weighted by Gasteiger charge is -2.44. The summed E-state index contributed by atoms with van der Waals surface area (Å²) in [4.78, 5) is 2.58. The molecular weight excluding hydrogens is 260 g/mol. The average Bonchev–Trinajstić information content (AvgIpc) is 2.85. The summed E-state index contributed by atoms with van der Waals surface area (Å²) in [6, 6.07) is 5.89. The predicted octanol–water partition coefficient (Wildman–Crippen LogP) is 3.37. The Morgan fingerprint density at radius 3 is 2.89 bits per heavy atom. The van der Waals surface area contributed by atoms with Gasteiger partial charge in [-0.1, -0.05) is 22.8 Å². The van der Waals surface area contributed by atoms with Gasteiger partial charge in [-0.05, 0) is 56.3 Å². The van der Waals surface area contributed by atoms with E-state index in [0.29, 0.717) is 5.02 Å². The molecule has 100 valence electrons. The molecule has 2 aromatic rings. The van der Waals surface area contributed by atoms with Crippen LogP contribution in [0.15, 0.2) is 22.7 Å². The number of para-hydroxylation sites is 1. The first-order chi connectivity index (χ1) is 9.31. The van der Waals surface area contributed by atoms with Crippen molar-refractivity contribution < 1.29 is 4.52 Å². The lowest BCUT2D eigenvalue weighted by atomic mass is 9.77. The SMILES string of the molecule is Clc1cccc2c(CC3CN4CCC3CC4)noc12. The van der Waals surface area contributed by atoms with Crippen molar-refractivity contribution in [2.45, 2.75) is 19.3 Å². The van der Waals surface area contributed by atoms with Gasteiger partial charge in [-0.25, -0.2) is 0 Å². The Morgan fingerprint density at radius 1 is 1.32 bits per heavy atom. The molecule has 0 spiro atoms. The van der Waals surface area contributed by atoms with Crippen LogP contribution >= 0.6 is 11.6 Å². The van der Waals surface area contributed by atoms with Gasteiger partial charge in [0, 0.05) is 11.9 Å². The standard InChI is InChI=1S/C15H17ClN2O/c16-13-3-1-2-12-14(17-19-15(12)13)8-11-9-18-6-4-10(11)5-7-18/h1-3,10-11H,4-9H2. The summed E-state index contributed by atoms with van der Waals surface area (Å²) < 4.78 is 5.41. The second-order valence-corrected chi connectivity index (χ2v) is 6.26. The van der Waals surface area contributed by atoms with Gasteiger partial charge in [0.25, 0.3) is 0 Å². The Bertz CT molecular complexity index is 601. The van der Waals surface area contributed by atoms with Gasteiger partial charge < -0.3 is 9.42 Å². The number of hydrogen-bond acceptors (Lipinski definition) is 3. The van der Waals surface area contributed by atoms with Gasteiger partial charge in [-0.2, -0.15) is 0 Å². The second kappa shape index (κ2) is 4.50. The summed E-state index contributed by atoms with van der Waals surface area (Å²) >= 11 is 6.13. The molecule has 1 aromatic carbocycles. The molecule has 3 saturated heterocycles. The number of rotatable bonds is 2. The number of hydrogen-bond donors (Lipinski definition) is 0. The number of piperidine rings is 3. The van der Waals surface area contributed by atoms with Gasteiger partial charge in [-0.15, -0.1) is 0 Å². The Hall–Kier alpha value is -1.06. The molecule has 0 saturated carbocycles. The third kappa shape index (κ3) is 1.96. The lowest BCUT2D eigenvalue weighted by molar-refractivity contribution is 0.0506. The highest BCUT2D eigenvalue weighted by molar-refractivity contribution is 6.34. The van der Waals surface area contributed by atoms with E-state index in [0.717, 1.165) is 34.9 Å². The van der Waals surface area contributed by atoms with Crippen molar-refractivity contribution in [2.24, 2.45) is 11.8 Å². The lowest BCUT2D eigenvalue weighted by Crippen LogP contribution is -2.48. The van der Waals surface area contributed by atoms with E-state index in [1.54, 1.807) is 0 Å². The molecule has 0 N–H and O–H groups in total. The summed E-state index contributed by atoms with van der Waals surface area (Å²) in [5, 5.41) is 6.00. The summed E-state index contributed by atoms with van der Waals surface area (Å²) in [5.74, 6) is 1.60. The fourth-order valence-corrected chi connectivity index (χ4v) is 3.90. The third-order valence-electron chi connectivity index (χ3n) is 4.77. The van der Waals surface area contributed by atoms with Crippen LogP contribution in [-0.4, -0.2) is 29.7 Å². The fourth-order valence-electron chi connectivity index (χ4n) is 3.69. The number of benzene rings is 1. The van der Waals surface area contributed by atoms with Crippen LogP contribution in [0.4, 0.5) is 0 Å². The summed E-state index contributed by atoms with van der Waals surface area (Å²) in [6.07, 6.45) is 3.72. The molecule has 3 aliphatic heterocycles. The first-order valence-electron chi connectivity index (χ1n) is 7.06. The first kappa shape index (κ1) is 11.7. The van der Waals surface area contributed by atoms with Gasteiger partial charge in [0.1, 0.15) is 0 Å². The zero-order valence-corrected chi connectivity index (χ0v) is 11.6. The van der Waals surface area contributed by atoms with E-state index < -0.39 is 0 Å². The van der Waals surface area contributed by atoms with E-state index in [-0.39, 0.29) is 0 Å². The largest absolute Gasteiger partial charge is 0.354 e. The van der Waals surface area contributed by atoms with Crippen LogP contribution < -0.4 is 0 Å². The molecule has 4 heteroatoms. The molecule has 0 amide bonds. The normalized spacial score (nSPS) is 30.1. The van der Waals surface area contributed by atoms with E-state index in [1.165, 1.54) is 32.5 Å². The summed E-state index contributed by atoms with van der Waals surface area (Å²) in [6.45, 7) is 3.79. The van der Waals surface area contributed by atoms with Crippen molar-refractivity contribution in [2.75, 3.05) is 19.6 Å². The number of nitrogens with zero attached hydrogens (tertiary/aromatic N) is 2. The minimum absolute atomic E-state index is 0.658. The van der Waals surface area contributed by atoms with Gasteiger partial charge >= 0.3 is 0 Å². The van der Waals surface area contributed by atoms with Gasteiger partial charge in [0.05, 0.1) is 10.7 Å². The molecular formula is C15H17ClN2O. The molecule has 4 heterocycles. The highest BCUT2D eigenvalue weighted by Gasteiger charge is 2.34. The van der Waals surface area contributed by atoms with Crippen molar-refractivity contribution >= 4 is 22.6 Å². The Balaban J connectivity index is 1.63. The van der Waals surface area contributed by atoms with Gasteiger partial charge in [0.2, 0.25) is 0 Å². The molecule has 0 aliphatic carbocycles. The zero-order chi connectivity index (χ0) is 12.8. The average molecular weight is 277 g/mol. The van der Waals surface area contributed by atoms with Crippen LogP contribution in [0.25, 0.3) is 11.0 Å². The fraction of sp³-hybridized carbons (Fsp3) is 0.533. The minimum atomic E-state index is 0.658. The maximum atomic E-state index is 6.13. The Kier molecular flexibility index (Phi) is 2.78. The molecule has 3 fully saturated rings. The van der Waals surface area contributed by atoms with E-state index in [4.69, 9.17) is 16.1 Å². The second-order valence-electron chi connectivity index (χ2n) is 5.85. The Labute approximate surface area is 117 Å². The van der Waals surface area contributed by atoms with E-state index in [9.17, 15) is 0 Å². The smallest absolute Gasteiger partial charge is 0.185 e. The highest BCUT2D eigenvalue weighted by atomic mass is 35.5. The van der Waals surface area contributed by atoms with Crippen LogP contribution in [-0.2, 0) is 6.42 Å². The predicted molar refractivity (Wildman–Crippen MR) is 75.4 cm³/mol. The molecule has 0 radical (unpaired) electrons. The Morgan fingerprint density at radius 2 is 2.16 bits per heavy atom. The van der Waals surface area contributed by atoms with Crippen LogP contribution in [0.5, 0.6) is 0 Å². The van der Waals surface area contributed by atoms with Crippen molar-refractivity contribution in [3.63, 3.8) is 0 Å². The van der Waals surface area contributed by atoms with Crippen LogP contribution in [0.3, 0.4) is 0 Å². The van der Waals surface area contributed by atoms with E-state index >= 15 is 0 Å². The van der Waals surface area contributed by atoms with E-state index in [1.807, 2.05) is 12.1 Å². The van der Waals surface area contributed by atoms with Gasteiger partial charge in [0.15, 0.2) is 5.58 Å². The first-order valence-corrected chi connectivity index (χ1v) is 7.44. The van der Waals surface area contributed by atoms with Crippen molar-refractivity contribution in [3.05, 3.63) is 28.9 Å². The van der Waals surface area contributed by atoms with Crippen LogP contribution in [0.1, 0.15) is 18.5 Å². The summed E-state index contributed by atoms with van der Waals surface area (Å²) in [5.41, 5.74) is 1.82. The van der Waals surface area contributed by atoms with E-state index in [2.05, 4.69) is 16.1 Å². The van der Waals surface area contributed by atoms with Crippen LogP contribution in [0.2, 0.25) is 5.02 Å². The molecule has 19 heavy (non-hydrogen) atoms. The van der Waals surface area contributed by atoms with Gasteiger partial charge in [-0.3, -0.25) is 0 Å². The van der Waals surface area contributed by atoms with Crippen molar-refractivity contribution in [1.82, 2.24) is 10.1 Å². The maximum Gasteiger partial charge on any atom is 0.185 e. The maximum absolute atomic E-state index is 6.13. The number of fused-ring (bicyclic) bond motifs is 4. The number of halogens is 1. The monoisotopic (exact) mass is 276 g/mol. The third-order valence-corrected chi connectivity index (χ3v) is 5.07.